The number of likely N-dealkylation sites (tertiary alicyclic amines) is 1. The molecule has 5 heteroatoms. The minimum atomic E-state index is -0.244. The number of carbonyl (C=O) groups excluding carboxylic acids is 1. The van der Waals surface area contributed by atoms with E-state index in [2.05, 4.69) is 11.9 Å². The molecule has 0 N–H and O–H groups in total. The molecule has 1 aromatic carbocycles. The summed E-state index contributed by atoms with van der Waals surface area (Å²) in [7, 11) is 4.03. The van der Waals surface area contributed by atoms with Crippen molar-refractivity contribution in [1.29, 1.82) is 0 Å². The number of carbonyl (C=O) groups is 1. The number of nitrogens with zero attached hydrogens (tertiary/aromatic N) is 2. The number of piperidine rings is 1. The molecule has 1 aromatic heterocycles. The van der Waals surface area contributed by atoms with Gasteiger partial charge in [-0.3, -0.25) is 4.79 Å². The zero-order valence-corrected chi connectivity index (χ0v) is 15.2. The highest BCUT2D eigenvalue weighted by Crippen LogP contribution is 2.33. The Bertz CT molecular complexity index is 717. The Hall–Kier alpha value is -1.72. The second kappa shape index (κ2) is 7.03. The smallest absolute Gasteiger partial charge is 0.263 e. The van der Waals surface area contributed by atoms with Gasteiger partial charge in [0.2, 0.25) is 0 Å². The molecule has 1 fully saturated rings. The van der Waals surface area contributed by atoms with Crippen LogP contribution in [0.5, 0.6) is 0 Å². The third-order valence-electron chi connectivity index (χ3n) is 4.79. The second-order valence-electron chi connectivity index (χ2n) is 6.58. The van der Waals surface area contributed by atoms with Crippen molar-refractivity contribution in [2.24, 2.45) is 0 Å². The highest BCUT2D eigenvalue weighted by molar-refractivity contribution is 7.17. The van der Waals surface area contributed by atoms with Crippen LogP contribution in [0.1, 0.15) is 28.1 Å². The molecular formula is C19H23FN2OS. The lowest BCUT2D eigenvalue weighted by molar-refractivity contribution is 0.0664. The number of thiophene rings is 1. The highest BCUT2D eigenvalue weighted by Gasteiger charge is 2.26. The first kappa shape index (κ1) is 17.1. The Kier molecular flexibility index (Phi) is 5.01. The summed E-state index contributed by atoms with van der Waals surface area (Å²) >= 11 is 1.50. The van der Waals surface area contributed by atoms with Crippen LogP contribution in [0.25, 0.3) is 10.4 Å². The van der Waals surface area contributed by atoms with Gasteiger partial charge in [-0.2, -0.15) is 0 Å². The van der Waals surface area contributed by atoms with E-state index in [1.807, 2.05) is 24.9 Å². The third kappa shape index (κ3) is 3.52. The van der Waals surface area contributed by atoms with Gasteiger partial charge in [0.25, 0.3) is 5.91 Å². The molecule has 0 atom stereocenters. The van der Waals surface area contributed by atoms with Crippen molar-refractivity contribution in [3.8, 4) is 10.4 Å². The summed E-state index contributed by atoms with van der Waals surface area (Å²) in [5.41, 5.74) is 2.02. The van der Waals surface area contributed by atoms with Gasteiger partial charge in [-0.1, -0.05) is 12.1 Å². The summed E-state index contributed by atoms with van der Waals surface area (Å²) in [5.74, 6) is -0.155. The standard InChI is InChI=1S/C19H23FN2OS/c1-13-12-17(24-18(13)14-4-6-15(20)7-5-14)19(23)22(3)16-8-10-21(2)11-9-16/h4-7,12,16H,8-11H2,1-3H3. The summed E-state index contributed by atoms with van der Waals surface area (Å²) in [6.07, 6.45) is 2.04. The monoisotopic (exact) mass is 346 g/mol. The summed E-state index contributed by atoms with van der Waals surface area (Å²) in [4.78, 5) is 18.8. The van der Waals surface area contributed by atoms with Crippen LogP contribution in [-0.4, -0.2) is 48.9 Å². The molecule has 1 aliphatic rings. The van der Waals surface area contributed by atoms with Gasteiger partial charge in [0.05, 0.1) is 4.88 Å². The van der Waals surface area contributed by atoms with Crippen molar-refractivity contribution < 1.29 is 9.18 Å². The van der Waals surface area contributed by atoms with Crippen LogP contribution in [0, 0.1) is 12.7 Å². The van der Waals surface area contributed by atoms with Gasteiger partial charge in [0, 0.05) is 18.0 Å². The number of halogens is 1. The summed E-state index contributed by atoms with van der Waals surface area (Å²) in [5, 5.41) is 0. The van der Waals surface area contributed by atoms with Crippen LogP contribution < -0.4 is 0 Å². The predicted octanol–water partition coefficient (Wildman–Crippen LogP) is 4.03. The zero-order chi connectivity index (χ0) is 17.3. The largest absolute Gasteiger partial charge is 0.338 e. The van der Waals surface area contributed by atoms with Gasteiger partial charge in [-0.05, 0) is 69.2 Å². The molecule has 0 spiro atoms. The number of hydrogen-bond donors (Lipinski definition) is 0. The molecule has 2 aromatic rings. The summed E-state index contributed by atoms with van der Waals surface area (Å²) in [6.45, 7) is 4.07. The Morgan fingerprint density at radius 3 is 2.50 bits per heavy atom. The van der Waals surface area contributed by atoms with Crippen molar-refractivity contribution in [2.45, 2.75) is 25.8 Å². The molecule has 0 bridgehead atoms. The van der Waals surface area contributed by atoms with Crippen LogP contribution in [0.3, 0.4) is 0 Å². The van der Waals surface area contributed by atoms with Crippen molar-refractivity contribution >= 4 is 17.2 Å². The maximum atomic E-state index is 13.1. The van der Waals surface area contributed by atoms with Gasteiger partial charge >= 0.3 is 0 Å². The van der Waals surface area contributed by atoms with Gasteiger partial charge in [-0.15, -0.1) is 11.3 Å². The third-order valence-corrected chi connectivity index (χ3v) is 6.07. The molecule has 3 rings (SSSR count). The molecule has 2 heterocycles. The number of hydrogen-bond acceptors (Lipinski definition) is 3. The van der Waals surface area contributed by atoms with E-state index in [-0.39, 0.29) is 11.7 Å². The lowest BCUT2D eigenvalue weighted by Gasteiger charge is -2.34. The van der Waals surface area contributed by atoms with Crippen molar-refractivity contribution in [1.82, 2.24) is 9.80 Å². The van der Waals surface area contributed by atoms with Gasteiger partial charge in [-0.25, -0.2) is 4.39 Å². The van der Waals surface area contributed by atoms with Gasteiger partial charge in [0.15, 0.2) is 0 Å². The number of aryl methyl sites for hydroxylation is 1. The van der Waals surface area contributed by atoms with Crippen molar-refractivity contribution in [3.63, 3.8) is 0 Å². The lowest BCUT2D eigenvalue weighted by Crippen LogP contribution is -2.44. The molecule has 0 saturated carbocycles. The molecule has 0 aliphatic carbocycles. The Labute approximate surface area is 146 Å². The van der Waals surface area contributed by atoms with E-state index >= 15 is 0 Å². The Morgan fingerprint density at radius 1 is 1.25 bits per heavy atom. The SMILES string of the molecule is Cc1cc(C(=O)N(C)C2CCN(C)CC2)sc1-c1ccc(F)cc1. The quantitative estimate of drug-likeness (QED) is 0.838. The second-order valence-corrected chi connectivity index (χ2v) is 7.63. The van der Waals surface area contributed by atoms with E-state index in [0.29, 0.717) is 6.04 Å². The minimum Gasteiger partial charge on any atom is -0.338 e. The fraction of sp³-hybridized carbons (Fsp3) is 0.421. The van der Waals surface area contributed by atoms with Crippen molar-refractivity contribution in [3.05, 3.63) is 46.6 Å². The van der Waals surface area contributed by atoms with E-state index in [1.54, 1.807) is 12.1 Å². The Balaban J connectivity index is 1.78. The molecule has 128 valence electrons. The Morgan fingerprint density at radius 2 is 1.88 bits per heavy atom. The normalized spacial score (nSPS) is 16.3. The molecular weight excluding hydrogens is 323 g/mol. The molecule has 0 radical (unpaired) electrons. The molecule has 0 unspecified atom stereocenters. The van der Waals surface area contributed by atoms with Crippen LogP contribution in [0.4, 0.5) is 4.39 Å². The topological polar surface area (TPSA) is 23.6 Å². The number of rotatable bonds is 3. The maximum Gasteiger partial charge on any atom is 0.263 e. The maximum absolute atomic E-state index is 13.1. The molecule has 24 heavy (non-hydrogen) atoms. The first-order valence-corrected chi connectivity index (χ1v) is 9.09. The van der Waals surface area contributed by atoms with Crippen LogP contribution in [0.2, 0.25) is 0 Å². The molecule has 3 nitrogen and oxygen atoms in total. The highest BCUT2D eigenvalue weighted by atomic mass is 32.1. The fourth-order valence-electron chi connectivity index (χ4n) is 3.20. The zero-order valence-electron chi connectivity index (χ0n) is 14.4. The molecule has 1 saturated heterocycles. The van der Waals surface area contributed by atoms with E-state index in [9.17, 15) is 9.18 Å². The van der Waals surface area contributed by atoms with E-state index < -0.39 is 0 Å². The molecule has 1 amide bonds. The van der Waals surface area contributed by atoms with Crippen LogP contribution in [0.15, 0.2) is 30.3 Å². The van der Waals surface area contributed by atoms with E-state index in [0.717, 1.165) is 46.8 Å². The average Bonchev–Trinajstić information content (AvgIpc) is 2.97. The van der Waals surface area contributed by atoms with E-state index in [1.165, 1.54) is 23.5 Å². The summed E-state index contributed by atoms with van der Waals surface area (Å²) < 4.78 is 13.1. The van der Waals surface area contributed by atoms with Crippen LogP contribution >= 0.6 is 11.3 Å². The predicted molar refractivity (Wildman–Crippen MR) is 97.1 cm³/mol. The van der Waals surface area contributed by atoms with Gasteiger partial charge < -0.3 is 9.80 Å². The minimum absolute atomic E-state index is 0.0889. The first-order chi connectivity index (χ1) is 11.5. The summed E-state index contributed by atoms with van der Waals surface area (Å²) in [6, 6.07) is 8.72. The van der Waals surface area contributed by atoms with Gasteiger partial charge in [0.1, 0.15) is 5.82 Å². The first-order valence-electron chi connectivity index (χ1n) is 8.28. The fourth-order valence-corrected chi connectivity index (χ4v) is 4.36. The number of benzene rings is 1. The molecule has 1 aliphatic heterocycles. The van der Waals surface area contributed by atoms with Crippen molar-refractivity contribution in [2.75, 3.05) is 27.2 Å². The average molecular weight is 346 g/mol. The van der Waals surface area contributed by atoms with E-state index in [4.69, 9.17) is 0 Å². The lowest BCUT2D eigenvalue weighted by atomic mass is 10.0. The van der Waals surface area contributed by atoms with Crippen LogP contribution in [-0.2, 0) is 0 Å². The number of amides is 1.